The highest BCUT2D eigenvalue weighted by Crippen LogP contribution is 2.16. The molecule has 0 saturated heterocycles. The molecule has 0 saturated carbocycles. The van der Waals surface area contributed by atoms with Crippen LogP contribution in [-0.4, -0.2) is 21.6 Å². The molecule has 0 aliphatic carbocycles. The quantitative estimate of drug-likeness (QED) is 0.817. The summed E-state index contributed by atoms with van der Waals surface area (Å²) in [6.45, 7) is 8.56. The zero-order valence-corrected chi connectivity index (χ0v) is 16.8. The average Bonchev–Trinajstić information content (AvgIpc) is 2.57. The molecule has 1 N–H and O–H groups in total. The Balaban J connectivity index is 2.31. The second-order valence-electron chi connectivity index (χ2n) is 6.77. The first kappa shape index (κ1) is 20.8. The van der Waals surface area contributed by atoms with Crippen molar-refractivity contribution in [3.8, 4) is 5.75 Å². The maximum Gasteiger partial charge on any atom is 0.331 e. The molecule has 1 heterocycles. The molecule has 1 amide bonds. The maximum atomic E-state index is 12.8. The minimum absolute atomic E-state index is 0.0849. The van der Waals surface area contributed by atoms with Gasteiger partial charge in [0.25, 0.3) is 11.5 Å². The molecule has 1 aromatic carbocycles. The summed E-state index contributed by atoms with van der Waals surface area (Å²) in [7, 11) is 0. The van der Waals surface area contributed by atoms with Crippen molar-refractivity contribution in [3.63, 3.8) is 0 Å². The molecule has 0 atom stereocenters. The zero-order chi connectivity index (χ0) is 20.3. The highest BCUT2D eigenvalue weighted by molar-refractivity contribution is 6.30. The molecule has 2 rings (SSSR count). The lowest BCUT2D eigenvalue weighted by molar-refractivity contribution is -0.118. The summed E-state index contributed by atoms with van der Waals surface area (Å²) in [5.41, 5.74) is -0.416. The van der Waals surface area contributed by atoms with E-state index in [0.29, 0.717) is 16.5 Å². The number of rotatable bonds is 6. The topological polar surface area (TPSA) is 82.3 Å². The van der Waals surface area contributed by atoms with Crippen LogP contribution in [0.2, 0.25) is 5.02 Å². The molecule has 1 aromatic heterocycles. The average molecular weight is 394 g/mol. The molecule has 0 fully saturated rings. The predicted octanol–water partition coefficient (Wildman–Crippen LogP) is 3.15. The van der Waals surface area contributed by atoms with Gasteiger partial charge in [0.1, 0.15) is 11.4 Å². The lowest BCUT2D eigenvalue weighted by atomic mass is 10.2. The molecule has 0 spiro atoms. The molecule has 2 aromatic rings. The van der Waals surface area contributed by atoms with Gasteiger partial charge in [0.15, 0.2) is 6.61 Å². The van der Waals surface area contributed by atoms with E-state index in [2.05, 4.69) is 5.32 Å². The van der Waals surface area contributed by atoms with Gasteiger partial charge < -0.3 is 10.1 Å². The van der Waals surface area contributed by atoms with Crippen molar-refractivity contribution >= 4 is 23.2 Å². The number of hydrogen-bond acceptors (Lipinski definition) is 4. The molecule has 27 heavy (non-hydrogen) atoms. The standard InChI is InChI=1S/C19H24ClN3O4/c1-11(2)22-13(5)17(18(25)23(12(3)4)19(22)26)21-16(24)10-27-15-8-6-14(20)7-9-15/h6-9,11-12H,10H2,1-5H3,(H,21,24). The van der Waals surface area contributed by atoms with Crippen molar-refractivity contribution in [2.75, 3.05) is 11.9 Å². The number of ether oxygens (including phenoxy) is 1. The Kier molecular flexibility index (Phi) is 6.49. The molecular weight excluding hydrogens is 370 g/mol. The predicted molar refractivity (Wildman–Crippen MR) is 106 cm³/mol. The minimum Gasteiger partial charge on any atom is -0.484 e. The summed E-state index contributed by atoms with van der Waals surface area (Å²) in [5.74, 6) is -0.00701. The molecular formula is C19H24ClN3O4. The molecule has 0 radical (unpaired) electrons. The van der Waals surface area contributed by atoms with Gasteiger partial charge in [-0.15, -0.1) is 0 Å². The number of benzene rings is 1. The zero-order valence-electron chi connectivity index (χ0n) is 16.1. The highest BCUT2D eigenvalue weighted by atomic mass is 35.5. The van der Waals surface area contributed by atoms with Crippen LogP contribution in [0.4, 0.5) is 5.69 Å². The Morgan fingerprint density at radius 2 is 1.63 bits per heavy atom. The van der Waals surface area contributed by atoms with Crippen molar-refractivity contribution in [2.24, 2.45) is 0 Å². The third kappa shape index (κ3) is 4.60. The fraction of sp³-hybridized carbons (Fsp3) is 0.421. The fourth-order valence-electron chi connectivity index (χ4n) is 2.80. The summed E-state index contributed by atoms with van der Waals surface area (Å²) in [4.78, 5) is 37.7. The van der Waals surface area contributed by atoms with E-state index >= 15 is 0 Å². The van der Waals surface area contributed by atoms with Crippen molar-refractivity contribution < 1.29 is 9.53 Å². The van der Waals surface area contributed by atoms with Gasteiger partial charge in [0.2, 0.25) is 0 Å². The van der Waals surface area contributed by atoms with Gasteiger partial charge in [0.05, 0.1) is 0 Å². The lowest BCUT2D eigenvalue weighted by Gasteiger charge is -2.21. The van der Waals surface area contributed by atoms with E-state index in [9.17, 15) is 14.4 Å². The van der Waals surface area contributed by atoms with Crippen LogP contribution in [0.3, 0.4) is 0 Å². The van der Waals surface area contributed by atoms with Crippen LogP contribution in [-0.2, 0) is 4.79 Å². The molecule has 0 unspecified atom stereocenters. The van der Waals surface area contributed by atoms with Crippen LogP contribution in [0.1, 0.15) is 45.5 Å². The molecule has 0 aliphatic rings. The van der Waals surface area contributed by atoms with Crippen molar-refractivity contribution in [3.05, 3.63) is 55.8 Å². The number of hydrogen-bond donors (Lipinski definition) is 1. The number of carbonyl (C=O) groups is 1. The van der Waals surface area contributed by atoms with Crippen LogP contribution >= 0.6 is 11.6 Å². The summed E-state index contributed by atoms with van der Waals surface area (Å²) >= 11 is 5.81. The normalized spacial score (nSPS) is 11.1. The third-order valence-corrected chi connectivity index (χ3v) is 4.30. The monoisotopic (exact) mass is 393 g/mol. The van der Waals surface area contributed by atoms with Crippen LogP contribution in [0.25, 0.3) is 0 Å². The van der Waals surface area contributed by atoms with Gasteiger partial charge >= 0.3 is 5.69 Å². The summed E-state index contributed by atoms with van der Waals surface area (Å²) in [6, 6.07) is 6.09. The van der Waals surface area contributed by atoms with Crippen LogP contribution in [0, 0.1) is 6.92 Å². The number of amides is 1. The second kappa shape index (κ2) is 8.43. The van der Waals surface area contributed by atoms with Crippen molar-refractivity contribution in [1.29, 1.82) is 0 Å². The van der Waals surface area contributed by atoms with Gasteiger partial charge in [0, 0.05) is 22.8 Å². The van der Waals surface area contributed by atoms with Gasteiger partial charge in [-0.1, -0.05) is 11.6 Å². The molecule has 8 heteroatoms. The first-order chi connectivity index (χ1) is 12.6. The molecule has 0 aliphatic heterocycles. The Hall–Kier alpha value is -2.54. The first-order valence-electron chi connectivity index (χ1n) is 8.69. The smallest absolute Gasteiger partial charge is 0.331 e. The number of aromatic nitrogens is 2. The SMILES string of the molecule is Cc1c(NC(=O)COc2ccc(Cl)cc2)c(=O)n(C(C)C)c(=O)n1C(C)C. The number of nitrogens with one attached hydrogen (secondary N) is 1. The molecule has 0 bridgehead atoms. The maximum absolute atomic E-state index is 12.8. The molecule has 7 nitrogen and oxygen atoms in total. The van der Waals surface area contributed by atoms with E-state index in [0.717, 1.165) is 4.57 Å². The van der Waals surface area contributed by atoms with E-state index < -0.39 is 17.2 Å². The van der Waals surface area contributed by atoms with Gasteiger partial charge in [-0.2, -0.15) is 0 Å². The van der Waals surface area contributed by atoms with E-state index in [1.165, 1.54) is 4.57 Å². The fourth-order valence-corrected chi connectivity index (χ4v) is 2.93. The number of nitrogens with zero attached hydrogens (tertiary/aromatic N) is 2. The second-order valence-corrected chi connectivity index (χ2v) is 7.20. The Morgan fingerprint density at radius 1 is 1.07 bits per heavy atom. The summed E-state index contributed by atoms with van der Waals surface area (Å²) in [6.07, 6.45) is 0. The highest BCUT2D eigenvalue weighted by Gasteiger charge is 2.21. The summed E-state index contributed by atoms with van der Waals surface area (Å²) in [5, 5.41) is 3.16. The van der Waals surface area contributed by atoms with Crippen LogP contribution < -0.4 is 21.3 Å². The third-order valence-electron chi connectivity index (χ3n) is 4.05. The van der Waals surface area contributed by atoms with Crippen molar-refractivity contribution in [1.82, 2.24) is 9.13 Å². The Labute approximate surface area is 162 Å². The largest absolute Gasteiger partial charge is 0.484 e. The minimum atomic E-state index is -0.524. The Bertz CT molecular complexity index is 943. The Morgan fingerprint density at radius 3 is 2.15 bits per heavy atom. The van der Waals surface area contributed by atoms with Crippen LogP contribution in [0.5, 0.6) is 5.75 Å². The van der Waals surface area contributed by atoms with E-state index in [1.54, 1.807) is 45.0 Å². The van der Waals surface area contributed by atoms with Crippen molar-refractivity contribution in [2.45, 2.75) is 46.7 Å². The number of anilines is 1. The van der Waals surface area contributed by atoms with E-state index in [1.807, 2.05) is 13.8 Å². The van der Waals surface area contributed by atoms with E-state index in [-0.39, 0.29) is 24.4 Å². The molecule has 146 valence electrons. The lowest BCUT2D eigenvalue weighted by Crippen LogP contribution is -2.44. The van der Waals surface area contributed by atoms with Gasteiger partial charge in [-0.25, -0.2) is 4.79 Å². The van der Waals surface area contributed by atoms with Gasteiger partial charge in [-0.05, 0) is 58.9 Å². The summed E-state index contributed by atoms with van der Waals surface area (Å²) < 4.78 is 8.04. The first-order valence-corrected chi connectivity index (χ1v) is 9.07. The number of carbonyl (C=O) groups excluding carboxylic acids is 1. The van der Waals surface area contributed by atoms with E-state index in [4.69, 9.17) is 16.3 Å². The van der Waals surface area contributed by atoms with Gasteiger partial charge in [-0.3, -0.25) is 18.7 Å². The number of halogens is 1. The van der Waals surface area contributed by atoms with Crippen LogP contribution in [0.15, 0.2) is 33.9 Å².